The molecule has 0 fully saturated rings. The van der Waals surface area contributed by atoms with Crippen LogP contribution in [0.15, 0.2) is 25.0 Å². The lowest BCUT2D eigenvalue weighted by Gasteiger charge is -2.01. The molecule has 3 nitrogen and oxygen atoms in total. The summed E-state index contributed by atoms with van der Waals surface area (Å²) in [6, 6.07) is 1.65. The Labute approximate surface area is 71.5 Å². The van der Waals surface area contributed by atoms with Crippen LogP contribution in [0.2, 0.25) is 0 Å². The molecule has 0 spiro atoms. The molecule has 0 saturated heterocycles. The fraction of sp³-hybridized carbons (Fsp3) is 0.125. The minimum Gasteiger partial charge on any atom is -0.423 e. The van der Waals surface area contributed by atoms with Gasteiger partial charge in [0.25, 0.3) is 0 Å². The van der Waals surface area contributed by atoms with Gasteiger partial charge in [-0.25, -0.2) is 0 Å². The van der Waals surface area contributed by atoms with Crippen LogP contribution in [0.5, 0.6) is 0 Å². The van der Waals surface area contributed by atoms with Gasteiger partial charge in [-0.05, 0) is 18.1 Å². The quantitative estimate of drug-likeness (QED) is 0.593. The van der Waals surface area contributed by atoms with E-state index >= 15 is 0 Å². The first kappa shape index (κ1) is 8.97. The Morgan fingerprint density at radius 2 is 2.17 bits per heavy atom. The average Bonchev–Trinajstić information content (AvgIpc) is 2.04. The minimum atomic E-state index is -1.46. The lowest BCUT2D eigenvalue weighted by molar-refractivity contribution is 0.425. The monoisotopic (exact) mass is 163 g/mol. The van der Waals surface area contributed by atoms with Gasteiger partial charge in [0.05, 0.1) is 0 Å². The van der Waals surface area contributed by atoms with Gasteiger partial charge in [-0.1, -0.05) is 12.6 Å². The molecule has 0 saturated carbocycles. The summed E-state index contributed by atoms with van der Waals surface area (Å²) in [5.74, 6) is 0. The number of hydrogen-bond acceptors (Lipinski definition) is 3. The summed E-state index contributed by atoms with van der Waals surface area (Å²) < 4.78 is 0. The highest BCUT2D eigenvalue weighted by atomic mass is 16.4. The van der Waals surface area contributed by atoms with Crippen LogP contribution in [0.4, 0.5) is 0 Å². The van der Waals surface area contributed by atoms with Crippen molar-refractivity contribution < 1.29 is 10.0 Å². The molecule has 0 amide bonds. The Morgan fingerprint density at radius 1 is 1.50 bits per heavy atom. The molecule has 1 aromatic heterocycles. The fourth-order valence-corrected chi connectivity index (χ4v) is 0.832. The Morgan fingerprint density at radius 3 is 2.67 bits per heavy atom. The van der Waals surface area contributed by atoms with E-state index in [0.29, 0.717) is 5.46 Å². The highest BCUT2D eigenvalue weighted by molar-refractivity contribution is 6.58. The van der Waals surface area contributed by atoms with Crippen LogP contribution in [0.1, 0.15) is 12.5 Å². The normalized spacial score (nSPS) is 9.58. The minimum absolute atomic E-state index is 0.385. The van der Waals surface area contributed by atoms with Crippen molar-refractivity contribution in [1.82, 2.24) is 4.98 Å². The summed E-state index contributed by atoms with van der Waals surface area (Å²) in [4.78, 5) is 3.85. The summed E-state index contributed by atoms with van der Waals surface area (Å²) in [7, 11) is -1.46. The second-order valence-electron chi connectivity index (χ2n) is 2.66. The first-order valence-electron chi connectivity index (χ1n) is 3.58. The molecule has 1 rings (SSSR count). The predicted molar refractivity (Wildman–Crippen MR) is 48.8 cm³/mol. The predicted octanol–water partition coefficient (Wildman–Crippen LogP) is -0.205. The number of allylic oxidation sites excluding steroid dienone is 1. The van der Waals surface area contributed by atoms with Crippen LogP contribution in [-0.4, -0.2) is 22.2 Å². The molecule has 1 aromatic rings. The maximum Gasteiger partial charge on any atom is 0.490 e. The van der Waals surface area contributed by atoms with Crippen molar-refractivity contribution in [2.75, 3.05) is 0 Å². The van der Waals surface area contributed by atoms with Crippen molar-refractivity contribution >= 4 is 18.2 Å². The maximum atomic E-state index is 8.82. The molecule has 4 heteroatoms. The zero-order valence-corrected chi connectivity index (χ0v) is 6.86. The average molecular weight is 163 g/mol. The van der Waals surface area contributed by atoms with E-state index in [-0.39, 0.29) is 0 Å². The van der Waals surface area contributed by atoms with Crippen molar-refractivity contribution in [2.24, 2.45) is 0 Å². The van der Waals surface area contributed by atoms with E-state index in [1.54, 1.807) is 12.3 Å². The van der Waals surface area contributed by atoms with Gasteiger partial charge in [0, 0.05) is 17.9 Å². The summed E-state index contributed by atoms with van der Waals surface area (Å²) >= 11 is 0. The van der Waals surface area contributed by atoms with E-state index in [1.807, 2.05) is 6.92 Å². The van der Waals surface area contributed by atoms with E-state index in [0.717, 1.165) is 11.1 Å². The standard InChI is InChI=1S/C8H10BNO2/c1-6(2)7-3-8(9(11)12)5-10-4-7/h3-5,11-12H,1H2,2H3. The van der Waals surface area contributed by atoms with Gasteiger partial charge in [0.2, 0.25) is 0 Å². The summed E-state index contributed by atoms with van der Waals surface area (Å²) in [5.41, 5.74) is 2.06. The third-order valence-corrected chi connectivity index (χ3v) is 1.55. The Kier molecular flexibility index (Phi) is 2.63. The Hall–Kier alpha value is -1.13. The third kappa shape index (κ3) is 1.93. The van der Waals surface area contributed by atoms with Crippen LogP contribution >= 0.6 is 0 Å². The van der Waals surface area contributed by atoms with E-state index in [9.17, 15) is 0 Å². The second kappa shape index (κ2) is 3.52. The molecule has 0 aliphatic heterocycles. The van der Waals surface area contributed by atoms with Crippen molar-refractivity contribution in [3.05, 3.63) is 30.6 Å². The molecule has 0 aliphatic rings. The van der Waals surface area contributed by atoms with E-state index in [4.69, 9.17) is 10.0 Å². The highest BCUT2D eigenvalue weighted by Gasteiger charge is 2.11. The van der Waals surface area contributed by atoms with Gasteiger partial charge in [-0.15, -0.1) is 0 Å². The molecule has 62 valence electrons. The molecule has 0 unspecified atom stereocenters. The highest BCUT2D eigenvalue weighted by Crippen LogP contribution is 2.06. The zero-order chi connectivity index (χ0) is 9.14. The molecule has 2 N–H and O–H groups in total. The lowest BCUT2D eigenvalue weighted by Crippen LogP contribution is -2.30. The van der Waals surface area contributed by atoms with E-state index in [2.05, 4.69) is 11.6 Å². The van der Waals surface area contributed by atoms with Crippen LogP contribution < -0.4 is 5.46 Å². The molecule has 1 heterocycles. The topological polar surface area (TPSA) is 53.4 Å². The van der Waals surface area contributed by atoms with Crippen molar-refractivity contribution in [2.45, 2.75) is 6.92 Å². The Balaban J connectivity index is 3.04. The SMILES string of the molecule is C=C(C)c1cncc(B(O)O)c1. The maximum absolute atomic E-state index is 8.82. The van der Waals surface area contributed by atoms with E-state index in [1.165, 1.54) is 6.20 Å². The number of nitrogens with zero attached hydrogens (tertiary/aromatic N) is 1. The lowest BCUT2D eigenvalue weighted by atomic mass is 9.81. The molecular formula is C8H10BNO2. The molecule has 0 aliphatic carbocycles. The molecule has 0 atom stereocenters. The van der Waals surface area contributed by atoms with Gasteiger partial charge in [0.15, 0.2) is 0 Å². The zero-order valence-electron chi connectivity index (χ0n) is 6.86. The van der Waals surface area contributed by atoms with Crippen LogP contribution in [0.3, 0.4) is 0 Å². The van der Waals surface area contributed by atoms with Crippen LogP contribution in [0.25, 0.3) is 5.57 Å². The second-order valence-corrected chi connectivity index (χ2v) is 2.66. The Bertz CT molecular complexity index is 299. The van der Waals surface area contributed by atoms with Gasteiger partial charge >= 0.3 is 7.12 Å². The summed E-state index contributed by atoms with van der Waals surface area (Å²) in [5, 5.41) is 17.6. The van der Waals surface area contributed by atoms with Gasteiger partial charge < -0.3 is 10.0 Å². The van der Waals surface area contributed by atoms with Crippen molar-refractivity contribution in [1.29, 1.82) is 0 Å². The van der Waals surface area contributed by atoms with Crippen molar-refractivity contribution in [3.8, 4) is 0 Å². The molecule has 12 heavy (non-hydrogen) atoms. The third-order valence-electron chi connectivity index (χ3n) is 1.55. The number of rotatable bonds is 2. The van der Waals surface area contributed by atoms with Gasteiger partial charge in [-0.2, -0.15) is 0 Å². The molecule has 0 aromatic carbocycles. The first-order chi connectivity index (χ1) is 5.61. The van der Waals surface area contributed by atoms with Gasteiger partial charge in [0.1, 0.15) is 0 Å². The molecule has 0 radical (unpaired) electrons. The summed E-state index contributed by atoms with van der Waals surface area (Å²) in [6.45, 7) is 5.56. The van der Waals surface area contributed by atoms with Crippen LogP contribution in [0, 0.1) is 0 Å². The largest absolute Gasteiger partial charge is 0.490 e. The molecular weight excluding hydrogens is 153 g/mol. The first-order valence-corrected chi connectivity index (χ1v) is 3.58. The number of pyridine rings is 1. The fourth-order valence-electron chi connectivity index (χ4n) is 0.832. The van der Waals surface area contributed by atoms with Crippen LogP contribution in [-0.2, 0) is 0 Å². The summed E-state index contributed by atoms with van der Waals surface area (Å²) in [6.07, 6.45) is 3.05. The number of hydrogen-bond donors (Lipinski definition) is 2. The van der Waals surface area contributed by atoms with Gasteiger partial charge in [-0.3, -0.25) is 4.98 Å². The van der Waals surface area contributed by atoms with E-state index < -0.39 is 7.12 Å². The number of aromatic nitrogens is 1. The van der Waals surface area contributed by atoms with Crippen molar-refractivity contribution in [3.63, 3.8) is 0 Å². The molecule has 0 bridgehead atoms. The smallest absolute Gasteiger partial charge is 0.423 e.